The molecule has 2 nitrogen and oxygen atoms in total. The van der Waals surface area contributed by atoms with E-state index in [1.807, 2.05) is 0 Å². The van der Waals surface area contributed by atoms with Crippen molar-refractivity contribution in [2.45, 2.75) is 51.4 Å². The van der Waals surface area contributed by atoms with Gasteiger partial charge in [-0.3, -0.25) is 0 Å². The summed E-state index contributed by atoms with van der Waals surface area (Å²) in [6, 6.07) is 22.9. The van der Waals surface area contributed by atoms with Crippen LogP contribution in [0.3, 0.4) is 0 Å². The fourth-order valence-corrected chi connectivity index (χ4v) is 5.62. The summed E-state index contributed by atoms with van der Waals surface area (Å²) in [7, 11) is 1.69. The second kappa shape index (κ2) is 8.21. The smallest absolute Gasteiger partial charge is 0.119 e. The SMILES string of the molecule is CN(C(c1ccccc1)C(c1ccccc1)N(C)[Si](C)(C)C)[Si](C)(C)C. The van der Waals surface area contributed by atoms with Gasteiger partial charge >= 0.3 is 0 Å². The third-order valence-electron chi connectivity index (χ3n) is 5.53. The van der Waals surface area contributed by atoms with Crippen LogP contribution in [-0.2, 0) is 0 Å². The second-order valence-corrected chi connectivity index (χ2v) is 19.4. The monoisotopic (exact) mass is 384 g/mol. The first-order valence-corrected chi connectivity index (χ1v) is 16.5. The predicted octanol–water partition coefficient (Wildman–Crippen LogP) is 6.00. The second-order valence-electron chi connectivity index (χ2n) is 9.27. The average molecular weight is 385 g/mol. The fourth-order valence-electron chi connectivity index (χ4n) is 3.37. The van der Waals surface area contributed by atoms with E-state index in [0.717, 1.165) is 0 Å². The van der Waals surface area contributed by atoms with E-state index in [0.29, 0.717) is 12.1 Å². The van der Waals surface area contributed by atoms with Gasteiger partial charge in [-0.25, -0.2) is 0 Å². The van der Waals surface area contributed by atoms with Gasteiger partial charge in [0.1, 0.15) is 16.5 Å². The van der Waals surface area contributed by atoms with Crippen LogP contribution in [0.5, 0.6) is 0 Å². The Kier molecular flexibility index (Phi) is 6.67. The number of rotatable bonds is 7. The van der Waals surface area contributed by atoms with Crippen molar-refractivity contribution >= 4 is 16.5 Å². The van der Waals surface area contributed by atoms with Gasteiger partial charge in [-0.2, -0.15) is 0 Å². The van der Waals surface area contributed by atoms with E-state index >= 15 is 0 Å². The Balaban J connectivity index is 2.65. The molecule has 0 heterocycles. The number of hydrogen-bond donors (Lipinski definition) is 0. The summed E-state index contributed by atoms with van der Waals surface area (Å²) in [4.78, 5) is 0. The first-order valence-electron chi connectivity index (χ1n) is 9.59. The highest BCUT2D eigenvalue weighted by molar-refractivity contribution is 6.74. The van der Waals surface area contributed by atoms with Gasteiger partial charge in [0.25, 0.3) is 0 Å². The molecule has 0 aromatic heterocycles. The van der Waals surface area contributed by atoms with Crippen LogP contribution in [0.2, 0.25) is 39.3 Å². The summed E-state index contributed by atoms with van der Waals surface area (Å²) >= 11 is 0. The van der Waals surface area contributed by atoms with Gasteiger partial charge in [-0.1, -0.05) is 99.9 Å². The molecule has 2 aromatic rings. The van der Waals surface area contributed by atoms with Gasteiger partial charge in [-0.15, -0.1) is 0 Å². The molecule has 0 amide bonds. The number of likely N-dealkylation sites (N-methyl/N-ethyl adjacent to an activating group) is 2. The lowest BCUT2D eigenvalue weighted by Crippen LogP contribution is -2.53. The Hall–Kier alpha value is -1.21. The number of nitrogens with zero attached hydrogens (tertiary/aromatic N) is 2. The molecule has 0 N–H and O–H groups in total. The molecule has 142 valence electrons. The topological polar surface area (TPSA) is 6.48 Å². The summed E-state index contributed by atoms with van der Waals surface area (Å²) in [5, 5.41) is 0. The Labute approximate surface area is 163 Å². The molecular formula is C22H36N2Si2. The van der Waals surface area contributed by atoms with Crippen molar-refractivity contribution in [1.29, 1.82) is 0 Å². The molecule has 2 atom stereocenters. The molecule has 2 aromatic carbocycles. The minimum atomic E-state index is -1.49. The lowest BCUT2D eigenvalue weighted by atomic mass is 9.93. The number of benzene rings is 2. The molecule has 2 unspecified atom stereocenters. The number of hydrogen-bond acceptors (Lipinski definition) is 2. The highest BCUT2D eigenvalue weighted by Crippen LogP contribution is 2.41. The maximum Gasteiger partial charge on any atom is 0.119 e. The van der Waals surface area contributed by atoms with Crippen LogP contribution < -0.4 is 0 Å². The Morgan fingerprint density at radius 3 is 1.04 bits per heavy atom. The first kappa shape index (κ1) is 21.1. The normalized spacial score (nSPS) is 15.3. The molecule has 0 radical (unpaired) electrons. The van der Waals surface area contributed by atoms with Crippen molar-refractivity contribution in [1.82, 2.24) is 9.13 Å². The van der Waals surface area contributed by atoms with Crippen molar-refractivity contribution in [3.8, 4) is 0 Å². The van der Waals surface area contributed by atoms with Gasteiger partial charge in [0.05, 0.1) is 0 Å². The van der Waals surface area contributed by atoms with E-state index in [4.69, 9.17) is 0 Å². The molecular weight excluding hydrogens is 348 g/mol. The van der Waals surface area contributed by atoms with Gasteiger partial charge in [0.15, 0.2) is 0 Å². The molecule has 0 saturated heterocycles. The van der Waals surface area contributed by atoms with E-state index in [9.17, 15) is 0 Å². The van der Waals surface area contributed by atoms with Crippen LogP contribution in [0.4, 0.5) is 0 Å². The Morgan fingerprint density at radius 2 is 0.808 bits per heavy atom. The van der Waals surface area contributed by atoms with Gasteiger partial charge < -0.3 is 9.13 Å². The molecule has 0 aliphatic carbocycles. The van der Waals surface area contributed by atoms with Gasteiger partial charge in [0.2, 0.25) is 0 Å². The predicted molar refractivity (Wildman–Crippen MR) is 121 cm³/mol. The van der Waals surface area contributed by atoms with Crippen LogP contribution in [-0.4, -0.2) is 39.7 Å². The zero-order valence-corrected chi connectivity index (χ0v) is 19.8. The minimum absolute atomic E-state index is 0.349. The Bertz CT molecular complexity index is 613. The Morgan fingerprint density at radius 1 is 0.538 bits per heavy atom. The highest BCUT2D eigenvalue weighted by atomic mass is 28.3. The van der Waals surface area contributed by atoms with Crippen LogP contribution in [0.15, 0.2) is 60.7 Å². The van der Waals surface area contributed by atoms with Crippen LogP contribution in [0.1, 0.15) is 23.2 Å². The van der Waals surface area contributed by atoms with Crippen molar-refractivity contribution < 1.29 is 0 Å². The van der Waals surface area contributed by atoms with E-state index in [1.165, 1.54) is 11.1 Å². The maximum atomic E-state index is 2.68. The van der Waals surface area contributed by atoms with E-state index in [-0.39, 0.29) is 0 Å². The average Bonchev–Trinajstić information content (AvgIpc) is 2.58. The summed E-state index contributed by atoms with van der Waals surface area (Å²) in [6.45, 7) is 14.7. The quantitative estimate of drug-likeness (QED) is 0.540. The molecule has 0 aliphatic heterocycles. The summed E-state index contributed by atoms with van der Waals surface area (Å²) in [6.07, 6.45) is 0. The van der Waals surface area contributed by atoms with Crippen molar-refractivity contribution in [3.63, 3.8) is 0 Å². The highest BCUT2D eigenvalue weighted by Gasteiger charge is 2.39. The third-order valence-corrected chi connectivity index (χ3v) is 10.3. The summed E-state index contributed by atoms with van der Waals surface area (Å²) in [5.74, 6) is 0. The standard InChI is InChI=1S/C22H36N2Si2/c1-23(25(3,4)5)21(19-15-11-9-12-16-19)22(24(2)26(6,7)8)20-17-13-10-14-18-20/h9-18,21-22H,1-8H3. The van der Waals surface area contributed by atoms with Crippen molar-refractivity contribution in [3.05, 3.63) is 71.8 Å². The fraction of sp³-hybridized carbons (Fsp3) is 0.455. The van der Waals surface area contributed by atoms with Crippen molar-refractivity contribution in [2.24, 2.45) is 0 Å². The van der Waals surface area contributed by atoms with E-state index < -0.39 is 16.5 Å². The molecule has 0 saturated carbocycles. The molecule has 26 heavy (non-hydrogen) atoms. The van der Waals surface area contributed by atoms with Crippen LogP contribution in [0, 0.1) is 0 Å². The molecule has 4 heteroatoms. The largest absolute Gasteiger partial charge is 0.319 e. The maximum absolute atomic E-state index is 2.68. The van der Waals surface area contributed by atoms with E-state index in [2.05, 4.69) is 123 Å². The van der Waals surface area contributed by atoms with Gasteiger partial charge in [0, 0.05) is 12.1 Å². The summed E-state index contributed by atoms with van der Waals surface area (Å²) in [5.41, 5.74) is 2.83. The van der Waals surface area contributed by atoms with Crippen LogP contribution >= 0.6 is 0 Å². The molecule has 0 bridgehead atoms. The zero-order chi connectivity index (χ0) is 19.5. The van der Waals surface area contributed by atoms with Crippen LogP contribution in [0.25, 0.3) is 0 Å². The van der Waals surface area contributed by atoms with Gasteiger partial charge in [-0.05, 0) is 25.2 Å². The molecule has 0 fully saturated rings. The zero-order valence-electron chi connectivity index (χ0n) is 17.8. The lowest BCUT2D eigenvalue weighted by Gasteiger charge is -2.48. The summed E-state index contributed by atoms with van der Waals surface area (Å²) < 4.78 is 5.35. The van der Waals surface area contributed by atoms with Crippen molar-refractivity contribution in [2.75, 3.05) is 14.1 Å². The third kappa shape index (κ3) is 4.94. The first-order chi connectivity index (χ1) is 12.0. The molecule has 2 rings (SSSR count). The van der Waals surface area contributed by atoms with E-state index in [1.54, 1.807) is 0 Å². The molecule has 0 spiro atoms. The minimum Gasteiger partial charge on any atom is -0.319 e. The molecule has 0 aliphatic rings. The lowest BCUT2D eigenvalue weighted by molar-refractivity contribution is 0.222.